The lowest BCUT2D eigenvalue weighted by molar-refractivity contribution is -0.146. The number of carbonyl (C=O) groups excluding carboxylic acids is 2. The van der Waals surface area contributed by atoms with Crippen molar-refractivity contribution >= 4 is 11.9 Å². The van der Waals surface area contributed by atoms with Gasteiger partial charge in [0.1, 0.15) is 0 Å². The van der Waals surface area contributed by atoms with Crippen molar-refractivity contribution in [1.82, 2.24) is 14.1 Å². The Morgan fingerprint density at radius 2 is 1.26 bits per heavy atom. The van der Waals surface area contributed by atoms with Crippen LogP contribution in [0.5, 0.6) is 0 Å². The number of aromatic amines is 1. The Balaban J connectivity index is 2.75. The maximum absolute atomic E-state index is 12.5. The number of hydrogen-bond donors (Lipinski definition) is 2. The molecule has 0 amide bonds. The van der Waals surface area contributed by atoms with E-state index in [0.29, 0.717) is 11.0 Å². The quantitative estimate of drug-likeness (QED) is 0.382. The van der Waals surface area contributed by atoms with Gasteiger partial charge >= 0.3 is 29.0 Å². The number of aromatic nitrogens is 3. The van der Waals surface area contributed by atoms with Gasteiger partial charge in [-0.1, -0.05) is 33.6 Å². The predicted molar refractivity (Wildman–Crippen MR) is 112 cm³/mol. The van der Waals surface area contributed by atoms with Crippen LogP contribution in [0, 0.1) is 11.8 Å². The van der Waals surface area contributed by atoms with Gasteiger partial charge < -0.3 is 14.6 Å². The first kappa shape index (κ1) is 26.3. The number of aliphatic hydroxyl groups excluding tert-OH is 1. The molecule has 1 heterocycles. The Labute approximate surface area is 180 Å². The number of H-pyrrole nitrogens is 1. The van der Waals surface area contributed by atoms with Crippen molar-refractivity contribution in [3.05, 3.63) is 31.5 Å². The second-order valence-corrected chi connectivity index (χ2v) is 7.33. The third-order valence-electron chi connectivity index (χ3n) is 5.20. The predicted octanol–water partition coefficient (Wildman–Crippen LogP) is 0.0196. The molecule has 0 fully saturated rings. The summed E-state index contributed by atoms with van der Waals surface area (Å²) in [6.45, 7) is 5.48. The van der Waals surface area contributed by atoms with E-state index in [1.165, 1.54) is 0 Å². The highest BCUT2D eigenvalue weighted by molar-refractivity contribution is 5.69. The zero-order chi connectivity index (χ0) is 23.4. The zero-order valence-corrected chi connectivity index (χ0v) is 18.4. The van der Waals surface area contributed by atoms with Gasteiger partial charge in [-0.2, -0.15) is 0 Å². The molecular formula is C20H33N3O8. The molecule has 11 heteroatoms. The number of hydrogen-bond acceptors (Lipinski definition) is 8. The SMILES string of the molecule is CCC(CC)COC(=O)CCn1c(=O)[nH]c(=O)n(CCC(=O)OCC(CC)CO)c1=O. The van der Waals surface area contributed by atoms with Gasteiger partial charge in [0.2, 0.25) is 0 Å². The van der Waals surface area contributed by atoms with E-state index in [-0.39, 0.29) is 57.6 Å². The van der Waals surface area contributed by atoms with Crippen molar-refractivity contribution in [2.45, 2.75) is 66.0 Å². The molecule has 1 rings (SSSR count). The molecule has 0 aliphatic heterocycles. The van der Waals surface area contributed by atoms with E-state index in [9.17, 15) is 24.0 Å². The first-order chi connectivity index (χ1) is 14.8. The van der Waals surface area contributed by atoms with Gasteiger partial charge in [-0.05, 0) is 12.3 Å². The summed E-state index contributed by atoms with van der Waals surface area (Å²) in [6.07, 6.45) is 1.90. The summed E-state index contributed by atoms with van der Waals surface area (Å²) in [4.78, 5) is 62.3. The summed E-state index contributed by atoms with van der Waals surface area (Å²) in [5.41, 5.74) is -2.80. The Kier molecular flexibility index (Phi) is 11.5. The lowest BCUT2D eigenvalue weighted by Gasteiger charge is -2.13. The monoisotopic (exact) mass is 443 g/mol. The summed E-state index contributed by atoms with van der Waals surface area (Å²) >= 11 is 0. The Morgan fingerprint density at radius 3 is 1.65 bits per heavy atom. The molecule has 1 aromatic rings. The molecule has 1 atom stereocenters. The van der Waals surface area contributed by atoms with Crippen LogP contribution in [0.15, 0.2) is 14.4 Å². The van der Waals surface area contributed by atoms with E-state index in [1.807, 2.05) is 25.8 Å². The van der Waals surface area contributed by atoms with E-state index in [0.717, 1.165) is 17.4 Å². The average Bonchev–Trinajstić information content (AvgIpc) is 2.74. The van der Waals surface area contributed by atoms with Gasteiger partial charge in [-0.3, -0.25) is 14.6 Å². The molecule has 31 heavy (non-hydrogen) atoms. The van der Waals surface area contributed by atoms with Crippen LogP contribution in [-0.4, -0.2) is 51.0 Å². The number of ether oxygens (including phenoxy) is 2. The topological polar surface area (TPSA) is 150 Å². The lowest BCUT2D eigenvalue weighted by atomic mass is 10.1. The van der Waals surface area contributed by atoms with Crippen molar-refractivity contribution in [2.24, 2.45) is 11.8 Å². The fraction of sp³-hybridized carbons (Fsp3) is 0.750. The Hall–Kier alpha value is -2.69. The van der Waals surface area contributed by atoms with Crippen molar-refractivity contribution in [1.29, 1.82) is 0 Å². The van der Waals surface area contributed by atoms with Gasteiger partial charge in [0.25, 0.3) is 0 Å². The molecule has 1 unspecified atom stereocenters. The maximum Gasteiger partial charge on any atom is 0.336 e. The van der Waals surface area contributed by atoms with Crippen LogP contribution in [0.25, 0.3) is 0 Å². The van der Waals surface area contributed by atoms with Crippen molar-refractivity contribution < 1.29 is 24.2 Å². The summed E-state index contributed by atoms with van der Waals surface area (Å²) in [5, 5.41) is 9.10. The van der Waals surface area contributed by atoms with Crippen molar-refractivity contribution in [2.75, 3.05) is 19.8 Å². The average molecular weight is 443 g/mol. The first-order valence-electron chi connectivity index (χ1n) is 10.6. The minimum atomic E-state index is -0.947. The van der Waals surface area contributed by atoms with Crippen molar-refractivity contribution in [3.8, 4) is 0 Å². The number of nitrogens with one attached hydrogen (secondary N) is 1. The Bertz CT molecular complexity index is 810. The number of rotatable bonds is 14. The molecule has 0 radical (unpaired) electrons. The number of nitrogens with zero attached hydrogens (tertiary/aromatic N) is 2. The summed E-state index contributed by atoms with van der Waals surface area (Å²) in [7, 11) is 0. The standard InChI is InChI=1S/C20H33N3O8/c1-4-14(5-2)12-30-16(25)7-9-22-18(27)21-19(28)23(20(22)29)10-8-17(26)31-13-15(6-3)11-24/h14-15,24H,4-13H2,1-3H3,(H,21,27,28). The number of esters is 2. The molecule has 0 aliphatic rings. The molecule has 0 aromatic carbocycles. The highest BCUT2D eigenvalue weighted by atomic mass is 16.5. The molecule has 0 spiro atoms. The van der Waals surface area contributed by atoms with Crippen LogP contribution >= 0.6 is 0 Å². The van der Waals surface area contributed by atoms with E-state index < -0.39 is 29.0 Å². The van der Waals surface area contributed by atoms with Crippen LogP contribution in [0.4, 0.5) is 0 Å². The molecule has 0 saturated heterocycles. The summed E-state index contributed by atoms with van der Waals surface area (Å²) in [5.74, 6) is -1.11. The fourth-order valence-electron chi connectivity index (χ4n) is 2.74. The molecule has 2 N–H and O–H groups in total. The molecular weight excluding hydrogens is 410 g/mol. The van der Waals surface area contributed by atoms with E-state index >= 15 is 0 Å². The minimum Gasteiger partial charge on any atom is -0.465 e. The normalized spacial score (nSPS) is 12.0. The van der Waals surface area contributed by atoms with Gasteiger partial charge in [0.05, 0.1) is 26.1 Å². The van der Waals surface area contributed by atoms with Gasteiger partial charge in [0, 0.05) is 25.6 Å². The molecule has 0 bridgehead atoms. The number of carbonyl (C=O) groups is 2. The lowest BCUT2D eigenvalue weighted by Crippen LogP contribution is -2.49. The summed E-state index contributed by atoms with van der Waals surface area (Å²) < 4.78 is 11.6. The van der Waals surface area contributed by atoms with Gasteiger partial charge in [-0.15, -0.1) is 0 Å². The highest BCUT2D eigenvalue weighted by Crippen LogP contribution is 2.08. The maximum atomic E-state index is 12.5. The highest BCUT2D eigenvalue weighted by Gasteiger charge is 2.15. The van der Waals surface area contributed by atoms with Crippen LogP contribution in [0.2, 0.25) is 0 Å². The molecule has 11 nitrogen and oxygen atoms in total. The molecule has 176 valence electrons. The third kappa shape index (κ3) is 8.52. The second-order valence-electron chi connectivity index (χ2n) is 7.33. The largest absolute Gasteiger partial charge is 0.465 e. The van der Waals surface area contributed by atoms with Crippen molar-refractivity contribution in [3.63, 3.8) is 0 Å². The third-order valence-corrected chi connectivity index (χ3v) is 5.20. The zero-order valence-electron chi connectivity index (χ0n) is 18.4. The summed E-state index contributed by atoms with van der Waals surface area (Å²) in [6, 6.07) is 0. The van der Waals surface area contributed by atoms with E-state index in [4.69, 9.17) is 14.6 Å². The Morgan fingerprint density at radius 1 is 0.839 bits per heavy atom. The second kappa shape index (κ2) is 13.6. The van der Waals surface area contributed by atoms with Crippen LogP contribution in [-0.2, 0) is 32.2 Å². The van der Waals surface area contributed by atoms with E-state index in [1.54, 1.807) is 0 Å². The number of aliphatic hydroxyl groups is 1. The van der Waals surface area contributed by atoms with Crippen LogP contribution in [0.1, 0.15) is 52.9 Å². The molecule has 0 aliphatic carbocycles. The first-order valence-corrected chi connectivity index (χ1v) is 10.6. The molecule has 1 aromatic heterocycles. The smallest absolute Gasteiger partial charge is 0.336 e. The molecule has 0 saturated carbocycles. The van der Waals surface area contributed by atoms with E-state index in [2.05, 4.69) is 0 Å². The van der Waals surface area contributed by atoms with Gasteiger partial charge in [0.15, 0.2) is 0 Å². The minimum absolute atomic E-state index is 0.0373. The van der Waals surface area contributed by atoms with Crippen LogP contribution in [0.3, 0.4) is 0 Å². The fourth-order valence-corrected chi connectivity index (χ4v) is 2.74. The van der Waals surface area contributed by atoms with Crippen LogP contribution < -0.4 is 17.1 Å². The van der Waals surface area contributed by atoms with Gasteiger partial charge in [-0.25, -0.2) is 23.5 Å².